The summed E-state index contributed by atoms with van der Waals surface area (Å²) in [7, 11) is 0. The van der Waals surface area contributed by atoms with Crippen LogP contribution in [0, 0.1) is 0 Å². The van der Waals surface area contributed by atoms with Crippen molar-refractivity contribution in [3.8, 4) is 11.1 Å². The normalized spacial score (nSPS) is 15.4. The molecule has 3 heterocycles. The highest BCUT2D eigenvalue weighted by molar-refractivity contribution is 9.10. The van der Waals surface area contributed by atoms with Crippen LogP contribution in [0.2, 0.25) is 0 Å². The van der Waals surface area contributed by atoms with E-state index in [0.29, 0.717) is 13.1 Å². The van der Waals surface area contributed by atoms with E-state index in [0.717, 1.165) is 47.3 Å². The van der Waals surface area contributed by atoms with Gasteiger partial charge >= 0.3 is 6.09 Å². The van der Waals surface area contributed by atoms with Crippen LogP contribution < -0.4 is 0 Å². The number of hydrogen-bond donors (Lipinski definition) is 0. The van der Waals surface area contributed by atoms with Gasteiger partial charge in [0.15, 0.2) is 5.65 Å². The quantitative estimate of drug-likeness (QED) is 0.552. The van der Waals surface area contributed by atoms with Gasteiger partial charge in [-0.25, -0.2) is 14.3 Å². The van der Waals surface area contributed by atoms with Crippen LogP contribution >= 0.6 is 15.9 Å². The molecule has 7 nitrogen and oxygen atoms in total. The number of fused-ring (bicyclic) bond motifs is 1. The second-order valence-corrected chi connectivity index (χ2v) is 9.71. The van der Waals surface area contributed by atoms with Crippen LogP contribution in [-0.4, -0.2) is 68.8 Å². The van der Waals surface area contributed by atoms with Crippen LogP contribution in [0.5, 0.6) is 0 Å². The molecule has 0 radical (unpaired) electrons. The third-order valence-corrected chi connectivity index (χ3v) is 5.90. The largest absolute Gasteiger partial charge is 0.444 e. The first-order chi connectivity index (χ1) is 14.8. The fraction of sp³-hybridized carbons (Fsp3) is 0.435. The van der Waals surface area contributed by atoms with Crippen molar-refractivity contribution in [2.24, 2.45) is 0 Å². The molecule has 1 fully saturated rings. The molecule has 2 aromatic heterocycles. The lowest BCUT2D eigenvalue weighted by molar-refractivity contribution is 0.0146. The number of ether oxygens (including phenoxy) is 1. The summed E-state index contributed by atoms with van der Waals surface area (Å²) in [6.07, 6.45) is 6.39. The van der Waals surface area contributed by atoms with Crippen molar-refractivity contribution in [3.05, 3.63) is 52.9 Å². The van der Waals surface area contributed by atoms with Gasteiger partial charge in [0, 0.05) is 50.7 Å². The summed E-state index contributed by atoms with van der Waals surface area (Å²) >= 11 is 3.45. The Balaban J connectivity index is 1.28. The number of aromatic nitrogens is 3. The first-order valence-electron chi connectivity index (χ1n) is 10.6. The van der Waals surface area contributed by atoms with E-state index in [-0.39, 0.29) is 6.09 Å². The molecule has 1 aromatic carbocycles. The van der Waals surface area contributed by atoms with E-state index < -0.39 is 5.60 Å². The third kappa shape index (κ3) is 5.43. The zero-order valence-electron chi connectivity index (χ0n) is 18.2. The van der Waals surface area contributed by atoms with Gasteiger partial charge in [-0.15, -0.1) is 0 Å². The Hall–Kier alpha value is -2.45. The Kier molecular flexibility index (Phi) is 6.29. The van der Waals surface area contributed by atoms with Crippen LogP contribution in [0.3, 0.4) is 0 Å². The molecule has 4 rings (SSSR count). The first kappa shape index (κ1) is 21.8. The summed E-state index contributed by atoms with van der Waals surface area (Å²) in [5, 5.41) is 4.31. The number of halogens is 1. The van der Waals surface area contributed by atoms with Gasteiger partial charge in [0.05, 0.1) is 10.7 Å². The van der Waals surface area contributed by atoms with Crippen LogP contribution in [0.15, 0.2) is 47.3 Å². The van der Waals surface area contributed by atoms with Gasteiger partial charge in [-0.3, -0.25) is 4.90 Å². The Labute approximate surface area is 191 Å². The molecule has 0 bridgehead atoms. The van der Waals surface area contributed by atoms with Gasteiger partial charge in [0.2, 0.25) is 0 Å². The minimum absolute atomic E-state index is 0.210. The van der Waals surface area contributed by atoms with Gasteiger partial charge in [0.25, 0.3) is 0 Å². The van der Waals surface area contributed by atoms with Crippen molar-refractivity contribution >= 4 is 27.7 Å². The first-order valence-corrected chi connectivity index (χ1v) is 11.4. The van der Waals surface area contributed by atoms with Crippen LogP contribution in [0.25, 0.3) is 16.8 Å². The molecule has 0 unspecified atom stereocenters. The van der Waals surface area contributed by atoms with Crippen molar-refractivity contribution in [2.75, 3.05) is 32.7 Å². The van der Waals surface area contributed by atoms with Crippen LogP contribution in [0.4, 0.5) is 4.79 Å². The molecule has 1 aliphatic rings. The van der Waals surface area contributed by atoms with Gasteiger partial charge in [-0.1, -0.05) is 24.3 Å². The standard InChI is InChI=1S/C23H28BrN5O2/c1-23(2,3)31-22(30)28-12-10-27(11-13-28)9-8-17-4-6-18(7-5-17)19-14-25-21-20(24)15-26-29(21)16-19/h4-7,14-16H,8-13H2,1-3H3. The van der Waals surface area contributed by atoms with Gasteiger partial charge < -0.3 is 9.64 Å². The minimum Gasteiger partial charge on any atom is -0.444 e. The van der Waals surface area contributed by atoms with E-state index in [1.54, 1.807) is 15.6 Å². The zero-order chi connectivity index (χ0) is 22.0. The lowest BCUT2D eigenvalue weighted by Crippen LogP contribution is -2.50. The SMILES string of the molecule is CC(C)(C)OC(=O)N1CCN(CCc2ccc(-c3cnc4c(Br)cnn4c3)cc2)CC1. The molecular formula is C23H28BrN5O2. The van der Waals surface area contributed by atoms with E-state index >= 15 is 0 Å². The molecule has 164 valence electrons. The maximum absolute atomic E-state index is 12.2. The lowest BCUT2D eigenvalue weighted by Gasteiger charge is -2.35. The smallest absolute Gasteiger partial charge is 0.410 e. The Morgan fingerprint density at radius 3 is 2.45 bits per heavy atom. The Morgan fingerprint density at radius 2 is 1.77 bits per heavy atom. The number of benzene rings is 1. The number of nitrogens with zero attached hydrogens (tertiary/aromatic N) is 5. The molecule has 1 amide bonds. The summed E-state index contributed by atoms with van der Waals surface area (Å²) in [5.74, 6) is 0. The average molecular weight is 486 g/mol. The second-order valence-electron chi connectivity index (χ2n) is 8.86. The molecule has 1 aliphatic heterocycles. The van der Waals surface area contributed by atoms with Gasteiger partial charge in [-0.2, -0.15) is 5.10 Å². The molecule has 3 aromatic rings. The molecule has 0 aliphatic carbocycles. The Bertz CT molecular complexity index is 1050. The van der Waals surface area contributed by atoms with E-state index in [2.05, 4.69) is 55.2 Å². The molecule has 0 N–H and O–H groups in total. The predicted octanol–water partition coefficient (Wildman–Crippen LogP) is 4.25. The topological polar surface area (TPSA) is 63.0 Å². The molecular weight excluding hydrogens is 458 g/mol. The lowest BCUT2D eigenvalue weighted by atomic mass is 10.0. The molecule has 0 atom stereocenters. The van der Waals surface area contributed by atoms with E-state index in [4.69, 9.17) is 4.74 Å². The number of piperazine rings is 1. The van der Waals surface area contributed by atoms with Gasteiger partial charge in [-0.05, 0) is 54.2 Å². The molecule has 0 spiro atoms. The highest BCUT2D eigenvalue weighted by Crippen LogP contribution is 2.22. The van der Waals surface area contributed by atoms with E-state index in [1.165, 1.54) is 5.56 Å². The third-order valence-electron chi connectivity index (χ3n) is 5.34. The highest BCUT2D eigenvalue weighted by atomic mass is 79.9. The highest BCUT2D eigenvalue weighted by Gasteiger charge is 2.25. The second kappa shape index (κ2) is 8.96. The molecule has 31 heavy (non-hydrogen) atoms. The average Bonchev–Trinajstić information content (AvgIpc) is 3.12. The molecule has 0 saturated carbocycles. The maximum Gasteiger partial charge on any atom is 0.410 e. The fourth-order valence-corrected chi connectivity index (χ4v) is 4.00. The van der Waals surface area contributed by atoms with Crippen molar-refractivity contribution in [3.63, 3.8) is 0 Å². The van der Waals surface area contributed by atoms with Gasteiger partial charge in [0.1, 0.15) is 5.60 Å². The minimum atomic E-state index is -0.447. The number of rotatable bonds is 4. The summed E-state index contributed by atoms with van der Waals surface area (Å²) in [6.45, 7) is 9.87. The summed E-state index contributed by atoms with van der Waals surface area (Å²) in [4.78, 5) is 20.9. The monoisotopic (exact) mass is 485 g/mol. The fourth-order valence-electron chi connectivity index (χ4n) is 3.63. The van der Waals surface area contributed by atoms with Crippen molar-refractivity contribution in [1.29, 1.82) is 0 Å². The van der Waals surface area contributed by atoms with Crippen LogP contribution in [0.1, 0.15) is 26.3 Å². The number of hydrogen-bond acceptors (Lipinski definition) is 5. The maximum atomic E-state index is 12.2. The number of carbonyl (C=O) groups excluding carboxylic acids is 1. The van der Waals surface area contributed by atoms with Crippen LogP contribution in [-0.2, 0) is 11.2 Å². The number of amides is 1. The summed E-state index contributed by atoms with van der Waals surface area (Å²) in [6, 6.07) is 8.62. The number of carbonyl (C=O) groups is 1. The van der Waals surface area contributed by atoms with E-state index in [9.17, 15) is 4.79 Å². The summed E-state index contributed by atoms with van der Waals surface area (Å²) < 4.78 is 8.14. The molecule has 1 saturated heterocycles. The summed E-state index contributed by atoms with van der Waals surface area (Å²) in [5.41, 5.74) is 3.82. The predicted molar refractivity (Wildman–Crippen MR) is 124 cm³/mol. The molecule has 8 heteroatoms. The van der Waals surface area contributed by atoms with Crippen molar-refractivity contribution in [1.82, 2.24) is 24.4 Å². The van der Waals surface area contributed by atoms with Crippen molar-refractivity contribution < 1.29 is 9.53 Å². The van der Waals surface area contributed by atoms with Crippen molar-refractivity contribution in [2.45, 2.75) is 32.8 Å². The Morgan fingerprint density at radius 1 is 1.06 bits per heavy atom. The zero-order valence-corrected chi connectivity index (χ0v) is 19.8. The van der Waals surface area contributed by atoms with E-state index in [1.807, 2.05) is 33.2 Å².